The summed E-state index contributed by atoms with van der Waals surface area (Å²) in [6, 6.07) is 7.44. The first-order valence-electron chi connectivity index (χ1n) is 5.64. The van der Waals surface area contributed by atoms with Crippen LogP contribution in [0.4, 0.5) is 0 Å². The molecule has 0 amide bonds. The molecule has 3 atom stereocenters. The molecule has 0 radical (unpaired) electrons. The minimum atomic E-state index is 0.596. The minimum Gasteiger partial charge on any atom is -0.481 e. The number of hydrogen-bond acceptors (Lipinski definition) is 3. The van der Waals surface area contributed by atoms with Gasteiger partial charge < -0.3 is 10.1 Å². The molecule has 0 spiro atoms. The van der Waals surface area contributed by atoms with Crippen molar-refractivity contribution in [3.05, 3.63) is 23.9 Å². The van der Waals surface area contributed by atoms with Crippen LogP contribution in [-0.4, -0.2) is 24.2 Å². The molecule has 2 bridgehead atoms. The van der Waals surface area contributed by atoms with Crippen molar-refractivity contribution in [2.24, 2.45) is 0 Å². The Hall–Kier alpha value is -1.09. The van der Waals surface area contributed by atoms with Crippen LogP contribution in [0, 0.1) is 0 Å². The number of hydrogen-bond donors (Lipinski definition) is 1. The van der Waals surface area contributed by atoms with E-state index in [0.29, 0.717) is 12.0 Å². The molecule has 2 aliphatic rings. The molecule has 2 saturated heterocycles. The summed E-state index contributed by atoms with van der Waals surface area (Å²) in [5.74, 6) is 1.33. The van der Waals surface area contributed by atoms with Crippen molar-refractivity contribution in [1.29, 1.82) is 0 Å². The smallest absolute Gasteiger partial charge is 0.213 e. The van der Waals surface area contributed by atoms with E-state index < -0.39 is 0 Å². The van der Waals surface area contributed by atoms with Gasteiger partial charge in [-0.1, -0.05) is 6.07 Å². The van der Waals surface area contributed by atoms with Crippen LogP contribution in [0.15, 0.2) is 18.2 Å². The highest BCUT2D eigenvalue weighted by Crippen LogP contribution is 2.39. The van der Waals surface area contributed by atoms with Crippen LogP contribution in [0.2, 0.25) is 0 Å². The maximum absolute atomic E-state index is 5.16. The number of methoxy groups -OCH3 is 1. The molecule has 3 heterocycles. The van der Waals surface area contributed by atoms with Crippen molar-refractivity contribution in [2.45, 2.75) is 37.3 Å². The molecule has 0 saturated carbocycles. The molecule has 2 fully saturated rings. The third-order valence-electron chi connectivity index (χ3n) is 3.63. The van der Waals surface area contributed by atoms with Crippen LogP contribution in [0.5, 0.6) is 5.88 Å². The summed E-state index contributed by atoms with van der Waals surface area (Å²) in [6.45, 7) is 0. The Kier molecular flexibility index (Phi) is 2.13. The molecule has 0 aromatic carbocycles. The molecule has 3 unspecified atom stereocenters. The van der Waals surface area contributed by atoms with Gasteiger partial charge in [0.2, 0.25) is 5.88 Å². The van der Waals surface area contributed by atoms with Crippen molar-refractivity contribution in [2.75, 3.05) is 7.11 Å². The Labute approximate surface area is 89.9 Å². The highest BCUT2D eigenvalue weighted by molar-refractivity contribution is 5.23. The summed E-state index contributed by atoms with van der Waals surface area (Å²) < 4.78 is 5.16. The second-order valence-corrected chi connectivity index (χ2v) is 4.49. The zero-order chi connectivity index (χ0) is 10.3. The SMILES string of the molecule is COc1cccc(C2CC3CCC2N3)n1. The third kappa shape index (κ3) is 1.51. The Balaban J connectivity index is 1.86. The van der Waals surface area contributed by atoms with Crippen LogP contribution >= 0.6 is 0 Å². The fourth-order valence-electron chi connectivity index (χ4n) is 2.90. The predicted octanol–water partition coefficient (Wildman–Crippen LogP) is 1.70. The fourth-order valence-corrected chi connectivity index (χ4v) is 2.90. The van der Waals surface area contributed by atoms with E-state index in [1.54, 1.807) is 7.11 Å². The average Bonchev–Trinajstić information content (AvgIpc) is 2.91. The lowest BCUT2D eigenvalue weighted by molar-refractivity contribution is 0.392. The molecule has 80 valence electrons. The van der Waals surface area contributed by atoms with Crippen molar-refractivity contribution < 1.29 is 4.74 Å². The van der Waals surface area contributed by atoms with Gasteiger partial charge in [-0.3, -0.25) is 0 Å². The summed E-state index contributed by atoms with van der Waals surface area (Å²) in [5.41, 5.74) is 1.19. The van der Waals surface area contributed by atoms with Gasteiger partial charge in [-0.2, -0.15) is 0 Å². The van der Waals surface area contributed by atoms with Crippen molar-refractivity contribution in [1.82, 2.24) is 10.3 Å². The summed E-state index contributed by atoms with van der Waals surface area (Å²) in [5, 5.41) is 3.63. The minimum absolute atomic E-state index is 0.596. The molecule has 15 heavy (non-hydrogen) atoms. The predicted molar refractivity (Wildman–Crippen MR) is 58.1 cm³/mol. The molecule has 2 aliphatic heterocycles. The molecular weight excluding hydrogens is 188 g/mol. The number of aromatic nitrogens is 1. The van der Waals surface area contributed by atoms with Crippen molar-refractivity contribution in [3.63, 3.8) is 0 Å². The zero-order valence-electron chi connectivity index (χ0n) is 8.94. The Morgan fingerprint density at radius 3 is 3.00 bits per heavy atom. The van der Waals surface area contributed by atoms with Gasteiger partial charge in [-0.25, -0.2) is 4.98 Å². The van der Waals surface area contributed by atoms with Crippen LogP contribution in [0.3, 0.4) is 0 Å². The molecule has 1 aromatic heterocycles. The van der Waals surface area contributed by atoms with Crippen molar-refractivity contribution >= 4 is 0 Å². The maximum atomic E-state index is 5.16. The maximum Gasteiger partial charge on any atom is 0.213 e. The highest BCUT2D eigenvalue weighted by Gasteiger charge is 2.40. The molecular formula is C12H16N2O. The fraction of sp³-hybridized carbons (Fsp3) is 0.583. The lowest BCUT2D eigenvalue weighted by Crippen LogP contribution is -2.22. The number of pyridine rings is 1. The number of nitrogens with one attached hydrogen (secondary N) is 1. The standard InChI is InChI=1S/C12H16N2O/c1-15-12-4-2-3-10(14-12)9-7-8-5-6-11(9)13-8/h2-4,8-9,11,13H,5-7H2,1H3. The lowest BCUT2D eigenvalue weighted by Gasteiger charge is -2.19. The highest BCUT2D eigenvalue weighted by atomic mass is 16.5. The Morgan fingerprint density at radius 2 is 2.33 bits per heavy atom. The van der Waals surface area contributed by atoms with Gasteiger partial charge in [0.15, 0.2) is 0 Å². The summed E-state index contributed by atoms with van der Waals surface area (Å²) >= 11 is 0. The monoisotopic (exact) mass is 204 g/mol. The van der Waals surface area contributed by atoms with Crippen LogP contribution in [-0.2, 0) is 0 Å². The van der Waals surface area contributed by atoms with E-state index in [4.69, 9.17) is 4.74 Å². The second kappa shape index (κ2) is 3.49. The third-order valence-corrected chi connectivity index (χ3v) is 3.63. The van der Waals surface area contributed by atoms with Gasteiger partial charge >= 0.3 is 0 Å². The van der Waals surface area contributed by atoms with Crippen molar-refractivity contribution in [3.8, 4) is 5.88 Å². The van der Waals surface area contributed by atoms with Gasteiger partial charge in [0, 0.05) is 29.8 Å². The lowest BCUT2D eigenvalue weighted by atomic mass is 9.86. The molecule has 3 rings (SSSR count). The van der Waals surface area contributed by atoms with Gasteiger partial charge in [0.05, 0.1) is 7.11 Å². The largest absolute Gasteiger partial charge is 0.481 e. The second-order valence-electron chi connectivity index (χ2n) is 4.49. The van der Waals surface area contributed by atoms with Crippen LogP contribution < -0.4 is 10.1 Å². The zero-order valence-corrected chi connectivity index (χ0v) is 8.94. The molecule has 0 aliphatic carbocycles. The molecule has 3 heteroatoms. The first-order chi connectivity index (χ1) is 7.36. The summed E-state index contributed by atoms with van der Waals surface area (Å²) in [6.07, 6.45) is 3.88. The van der Waals surface area contributed by atoms with E-state index >= 15 is 0 Å². The number of rotatable bonds is 2. The van der Waals surface area contributed by atoms with Gasteiger partial charge in [0.25, 0.3) is 0 Å². The summed E-state index contributed by atoms with van der Waals surface area (Å²) in [4.78, 5) is 4.53. The van der Waals surface area contributed by atoms with E-state index in [1.165, 1.54) is 25.0 Å². The van der Waals surface area contributed by atoms with E-state index in [-0.39, 0.29) is 0 Å². The van der Waals surface area contributed by atoms with Gasteiger partial charge in [-0.15, -0.1) is 0 Å². The van der Waals surface area contributed by atoms with Gasteiger partial charge in [-0.05, 0) is 25.3 Å². The van der Waals surface area contributed by atoms with Crippen LogP contribution in [0.25, 0.3) is 0 Å². The van der Waals surface area contributed by atoms with E-state index in [9.17, 15) is 0 Å². The molecule has 1 aromatic rings. The number of nitrogens with zero attached hydrogens (tertiary/aromatic N) is 1. The normalized spacial score (nSPS) is 33.3. The van der Waals surface area contributed by atoms with E-state index in [1.807, 2.05) is 12.1 Å². The van der Waals surface area contributed by atoms with E-state index in [2.05, 4.69) is 16.4 Å². The first-order valence-corrected chi connectivity index (χ1v) is 5.64. The molecule has 3 nitrogen and oxygen atoms in total. The number of ether oxygens (including phenoxy) is 1. The number of fused-ring (bicyclic) bond motifs is 2. The quantitative estimate of drug-likeness (QED) is 0.796. The Bertz CT molecular complexity index is 366. The van der Waals surface area contributed by atoms with Gasteiger partial charge in [0.1, 0.15) is 0 Å². The Morgan fingerprint density at radius 1 is 1.40 bits per heavy atom. The average molecular weight is 204 g/mol. The summed E-state index contributed by atoms with van der Waals surface area (Å²) in [7, 11) is 1.67. The van der Waals surface area contributed by atoms with Crippen LogP contribution in [0.1, 0.15) is 30.9 Å². The molecule has 1 N–H and O–H groups in total. The van der Waals surface area contributed by atoms with E-state index in [0.717, 1.165) is 11.9 Å². The first kappa shape index (κ1) is 9.16. The topological polar surface area (TPSA) is 34.1 Å².